The molecule has 30 heavy (non-hydrogen) atoms. The number of aliphatic hydroxyl groups excluding tert-OH is 3. The summed E-state index contributed by atoms with van der Waals surface area (Å²) in [6, 6.07) is 15.8. The summed E-state index contributed by atoms with van der Waals surface area (Å²) in [4.78, 5) is 4.01. The standard InChI is InChI=1S/C23H34N2O5/c1-24(15-19-6-4-3-5-7-19)17-21(28)18-30-23-14-20(8-9-22(23)29-2)16-25(10-12-26)11-13-27/h3-9,14,21,26-28H,10-13,15-18H2,1-2H3/t21-/m1/s1. The molecule has 0 saturated carbocycles. The van der Waals surface area contributed by atoms with Crippen molar-refractivity contribution in [2.24, 2.45) is 0 Å². The van der Waals surface area contributed by atoms with Gasteiger partial charge in [-0.2, -0.15) is 0 Å². The van der Waals surface area contributed by atoms with E-state index in [1.54, 1.807) is 7.11 Å². The summed E-state index contributed by atoms with van der Waals surface area (Å²) in [5.41, 5.74) is 2.17. The van der Waals surface area contributed by atoms with Gasteiger partial charge in [0.1, 0.15) is 12.7 Å². The van der Waals surface area contributed by atoms with Crippen molar-refractivity contribution < 1.29 is 24.8 Å². The highest BCUT2D eigenvalue weighted by atomic mass is 16.5. The van der Waals surface area contributed by atoms with Gasteiger partial charge >= 0.3 is 0 Å². The number of rotatable bonds is 14. The topological polar surface area (TPSA) is 85.6 Å². The van der Waals surface area contributed by atoms with Crippen LogP contribution in [0.1, 0.15) is 11.1 Å². The Morgan fingerprint density at radius 3 is 2.23 bits per heavy atom. The van der Waals surface area contributed by atoms with E-state index in [4.69, 9.17) is 9.47 Å². The minimum atomic E-state index is -0.646. The second-order valence-corrected chi connectivity index (χ2v) is 7.36. The molecule has 0 aliphatic rings. The molecule has 0 amide bonds. The third kappa shape index (κ3) is 8.30. The van der Waals surface area contributed by atoms with Crippen molar-refractivity contribution in [3.05, 3.63) is 59.7 Å². The lowest BCUT2D eigenvalue weighted by Crippen LogP contribution is -2.32. The number of methoxy groups -OCH3 is 1. The molecule has 7 nitrogen and oxygen atoms in total. The van der Waals surface area contributed by atoms with Crippen molar-refractivity contribution in [2.45, 2.75) is 19.2 Å². The average molecular weight is 419 g/mol. The van der Waals surface area contributed by atoms with Gasteiger partial charge in [-0.25, -0.2) is 0 Å². The molecule has 2 rings (SSSR count). The molecule has 0 aliphatic carbocycles. The summed E-state index contributed by atoms with van der Waals surface area (Å²) in [5.74, 6) is 1.16. The van der Waals surface area contributed by atoms with Crippen molar-refractivity contribution in [3.8, 4) is 11.5 Å². The fraction of sp³-hybridized carbons (Fsp3) is 0.478. The van der Waals surface area contributed by atoms with Crippen LogP contribution in [0.25, 0.3) is 0 Å². The molecule has 0 fully saturated rings. The van der Waals surface area contributed by atoms with E-state index in [1.807, 2.05) is 48.3 Å². The first-order valence-corrected chi connectivity index (χ1v) is 10.2. The Kier molecular flexibility index (Phi) is 10.6. The van der Waals surface area contributed by atoms with Crippen LogP contribution in [0.2, 0.25) is 0 Å². The van der Waals surface area contributed by atoms with Crippen LogP contribution in [0, 0.1) is 0 Å². The van der Waals surface area contributed by atoms with E-state index in [-0.39, 0.29) is 19.8 Å². The van der Waals surface area contributed by atoms with Crippen LogP contribution in [0.5, 0.6) is 11.5 Å². The largest absolute Gasteiger partial charge is 0.493 e. The van der Waals surface area contributed by atoms with E-state index >= 15 is 0 Å². The van der Waals surface area contributed by atoms with E-state index in [9.17, 15) is 15.3 Å². The van der Waals surface area contributed by atoms with Gasteiger partial charge in [-0.05, 0) is 30.3 Å². The van der Waals surface area contributed by atoms with Crippen molar-refractivity contribution in [1.29, 1.82) is 0 Å². The van der Waals surface area contributed by atoms with Gasteiger partial charge in [-0.15, -0.1) is 0 Å². The van der Waals surface area contributed by atoms with Gasteiger partial charge < -0.3 is 24.8 Å². The summed E-state index contributed by atoms with van der Waals surface area (Å²) >= 11 is 0. The monoisotopic (exact) mass is 418 g/mol. The fourth-order valence-corrected chi connectivity index (χ4v) is 3.30. The zero-order chi connectivity index (χ0) is 21.8. The van der Waals surface area contributed by atoms with Crippen LogP contribution < -0.4 is 9.47 Å². The zero-order valence-corrected chi connectivity index (χ0v) is 17.9. The highest BCUT2D eigenvalue weighted by Crippen LogP contribution is 2.28. The van der Waals surface area contributed by atoms with E-state index in [0.717, 1.165) is 12.1 Å². The molecule has 2 aromatic carbocycles. The summed E-state index contributed by atoms with van der Waals surface area (Å²) in [6.07, 6.45) is -0.646. The first kappa shape index (κ1) is 24.1. The number of benzene rings is 2. The number of hydrogen-bond acceptors (Lipinski definition) is 7. The molecule has 7 heteroatoms. The third-order valence-corrected chi connectivity index (χ3v) is 4.72. The number of likely N-dealkylation sites (N-methyl/N-ethyl adjacent to an activating group) is 1. The smallest absolute Gasteiger partial charge is 0.161 e. The Bertz CT molecular complexity index is 723. The third-order valence-electron chi connectivity index (χ3n) is 4.72. The highest BCUT2D eigenvalue weighted by Gasteiger charge is 2.13. The average Bonchev–Trinajstić information content (AvgIpc) is 2.73. The number of ether oxygens (including phenoxy) is 2. The van der Waals surface area contributed by atoms with Gasteiger partial charge in [0.15, 0.2) is 11.5 Å². The maximum absolute atomic E-state index is 10.4. The second-order valence-electron chi connectivity index (χ2n) is 7.36. The van der Waals surface area contributed by atoms with Crippen LogP contribution in [0.15, 0.2) is 48.5 Å². The van der Waals surface area contributed by atoms with Crippen molar-refractivity contribution in [3.63, 3.8) is 0 Å². The zero-order valence-electron chi connectivity index (χ0n) is 17.9. The summed E-state index contributed by atoms with van der Waals surface area (Å²) in [5, 5.41) is 28.8. The van der Waals surface area contributed by atoms with E-state index in [2.05, 4.69) is 17.0 Å². The Labute approximate surface area is 179 Å². The highest BCUT2D eigenvalue weighted by molar-refractivity contribution is 5.43. The predicted octanol–water partition coefficient (Wildman–Crippen LogP) is 1.35. The van der Waals surface area contributed by atoms with Crippen molar-refractivity contribution in [1.82, 2.24) is 9.80 Å². The van der Waals surface area contributed by atoms with Gasteiger partial charge in [-0.1, -0.05) is 36.4 Å². The van der Waals surface area contributed by atoms with E-state index in [1.165, 1.54) is 5.56 Å². The Hall–Kier alpha value is -2.16. The number of nitrogens with zero attached hydrogens (tertiary/aromatic N) is 2. The van der Waals surface area contributed by atoms with Gasteiger partial charge in [0.2, 0.25) is 0 Å². The van der Waals surface area contributed by atoms with Gasteiger partial charge in [0.05, 0.1) is 20.3 Å². The Morgan fingerprint density at radius 1 is 0.900 bits per heavy atom. The molecular formula is C23H34N2O5. The number of aliphatic hydroxyl groups is 3. The van der Waals surface area contributed by atoms with Gasteiger partial charge in [0.25, 0.3) is 0 Å². The molecule has 166 valence electrons. The molecule has 0 spiro atoms. The fourth-order valence-electron chi connectivity index (χ4n) is 3.30. The summed E-state index contributed by atoms with van der Waals surface area (Å²) in [6.45, 7) is 2.98. The molecule has 0 bridgehead atoms. The van der Waals surface area contributed by atoms with Crippen LogP contribution in [-0.4, -0.2) is 84.8 Å². The minimum absolute atomic E-state index is 0.0300. The van der Waals surface area contributed by atoms with Gasteiger partial charge in [-0.3, -0.25) is 9.80 Å². The molecular weight excluding hydrogens is 384 g/mol. The second kappa shape index (κ2) is 13.2. The van der Waals surface area contributed by atoms with Crippen molar-refractivity contribution >= 4 is 0 Å². The first-order valence-electron chi connectivity index (χ1n) is 10.2. The minimum Gasteiger partial charge on any atom is -0.493 e. The molecule has 3 N–H and O–H groups in total. The lowest BCUT2D eigenvalue weighted by molar-refractivity contribution is 0.0732. The lowest BCUT2D eigenvalue weighted by Gasteiger charge is -2.22. The molecule has 0 aromatic heterocycles. The molecule has 2 aromatic rings. The van der Waals surface area contributed by atoms with Crippen LogP contribution in [-0.2, 0) is 13.1 Å². The summed E-state index contributed by atoms with van der Waals surface area (Å²) < 4.78 is 11.2. The molecule has 0 aliphatic heterocycles. The molecule has 0 heterocycles. The van der Waals surface area contributed by atoms with Crippen molar-refractivity contribution in [2.75, 3.05) is 53.6 Å². The SMILES string of the molecule is COc1ccc(CN(CCO)CCO)cc1OC[C@H](O)CN(C)Cc1ccccc1. The Morgan fingerprint density at radius 2 is 1.60 bits per heavy atom. The first-order chi connectivity index (χ1) is 14.5. The van der Waals surface area contributed by atoms with Crippen LogP contribution in [0.3, 0.4) is 0 Å². The molecule has 1 atom stereocenters. The van der Waals surface area contributed by atoms with Crippen LogP contribution >= 0.6 is 0 Å². The predicted molar refractivity (Wildman–Crippen MR) is 117 cm³/mol. The van der Waals surface area contributed by atoms with E-state index < -0.39 is 6.10 Å². The number of hydrogen-bond donors (Lipinski definition) is 3. The quantitative estimate of drug-likeness (QED) is 0.427. The lowest BCUT2D eigenvalue weighted by atomic mass is 10.2. The molecule has 0 saturated heterocycles. The van der Waals surface area contributed by atoms with Gasteiger partial charge in [0, 0.05) is 32.7 Å². The summed E-state index contributed by atoms with van der Waals surface area (Å²) in [7, 11) is 3.55. The van der Waals surface area contributed by atoms with Crippen LogP contribution in [0.4, 0.5) is 0 Å². The van der Waals surface area contributed by atoms with E-state index in [0.29, 0.717) is 37.7 Å². The maximum atomic E-state index is 10.4. The molecule has 0 radical (unpaired) electrons. The molecule has 0 unspecified atom stereocenters. The normalized spacial score (nSPS) is 12.4. The maximum Gasteiger partial charge on any atom is 0.161 e. The Balaban J connectivity index is 1.92.